The summed E-state index contributed by atoms with van der Waals surface area (Å²) >= 11 is 6.54. The first kappa shape index (κ1) is 37.7. The van der Waals surface area contributed by atoms with Crippen molar-refractivity contribution < 1.29 is 19.1 Å². The van der Waals surface area contributed by atoms with E-state index in [-0.39, 0.29) is 35.5 Å². The molecule has 0 bridgehead atoms. The van der Waals surface area contributed by atoms with E-state index in [1.807, 2.05) is 17.8 Å². The third kappa shape index (κ3) is 7.06. The topological polar surface area (TPSA) is 185 Å². The summed E-state index contributed by atoms with van der Waals surface area (Å²) in [5.74, 6) is 0.528. The van der Waals surface area contributed by atoms with Crippen LogP contribution in [0.1, 0.15) is 37.3 Å². The molecule has 9 rings (SSSR count). The van der Waals surface area contributed by atoms with Gasteiger partial charge < -0.3 is 30.1 Å². The number of nitrogens with zero attached hydrogens (tertiary/aromatic N) is 9. The third-order valence-corrected chi connectivity index (χ3v) is 12.3. The monoisotopic (exact) mass is 808 g/mol. The Morgan fingerprint density at radius 1 is 1.00 bits per heavy atom. The molecular weight excluding hydrogens is 764 g/mol. The van der Waals surface area contributed by atoms with E-state index in [0.29, 0.717) is 52.3 Å². The normalized spacial score (nSPS) is 19.6. The maximum Gasteiger partial charge on any atom is 0.294 e. The number of hydrogen-bond donors (Lipinski definition) is 3. The summed E-state index contributed by atoms with van der Waals surface area (Å²) in [6, 6.07) is 9.79. The second kappa shape index (κ2) is 14.8. The average molecular weight is 809 g/mol. The van der Waals surface area contributed by atoms with Crippen molar-refractivity contribution in [2.24, 2.45) is 25.4 Å². The van der Waals surface area contributed by atoms with Crippen LogP contribution in [0.2, 0.25) is 5.02 Å². The molecule has 0 radical (unpaired) electrons. The molecule has 302 valence electrons. The zero-order chi connectivity index (χ0) is 40.3. The van der Waals surface area contributed by atoms with Crippen molar-refractivity contribution in [1.82, 2.24) is 44.8 Å². The minimum absolute atomic E-state index is 0.0485. The highest BCUT2D eigenvalue weighted by molar-refractivity contribution is 6.33. The molecule has 1 unspecified atom stereocenters. The molecule has 3 amide bonds. The molecule has 58 heavy (non-hydrogen) atoms. The molecule has 1 aromatic carbocycles. The number of benzene rings is 1. The van der Waals surface area contributed by atoms with Crippen LogP contribution in [0.3, 0.4) is 0 Å². The zero-order valence-electron chi connectivity index (χ0n) is 32.6. The minimum atomic E-state index is -0.407. The number of amides is 3. The van der Waals surface area contributed by atoms with E-state index in [4.69, 9.17) is 26.4 Å². The second-order valence-electron chi connectivity index (χ2n) is 16.1. The van der Waals surface area contributed by atoms with E-state index >= 15 is 0 Å². The predicted octanol–water partition coefficient (Wildman–Crippen LogP) is 2.69. The number of carbonyl (C=O) groups is 3. The first-order valence-electron chi connectivity index (χ1n) is 19.6. The lowest BCUT2D eigenvalue weighted by Crippen LogP contribution is -2.72. The van der Waals surface area contributed by atoms with Crippen LogP contribution in [0.15, 0.2) is 47.5 Å². The number of piperidine rings is 2. The number of likely N-dealkylation sites (N-methyl/N-ethyl adjacent to an activating group) is 1. The summed E-state index contributed by atoms with van der Waals surface area (Å²) < 4.78 is 8.71. The highest BCUT2D eigenvalue weighted by Gasteiger charge is 2.52. The van der Waals surface area contributed by atoms with E-state index in [1.165, 1.54) is 17.3 Å². The van der Waals surface area contributed by atoms with Gasteiger partial charge in [0.2, 0.25) is 17.8 Å². The van der Waals surface area contributed by atoms with Crippen LogP contribution in [-0.4, -0.2) is 111 Å². The lowest BCUT2D eigenvalue weighted by atomic mass is 9.72. The number of carbonyl (C=O) groups excluding carboxylic acids is 3. The number of aryl methyl sites for hydroxylation is 2. The van der Waals surface area contributed by atoms with Crippen molar-refractivity contribution in [2.75, 3.05) is 74.6 Å². The van der Waals surface area contributed by atoms with E-state index in [0.717, 1.165) is 75.3 Å². The number of rotatable bonds is 10. The summed E-state index contributed by atoms with van der Waals surface area (Å²) in [6.45, 7) is 6.72. The molecular formula is C40H45ClN12O5. The molecule has 4 aliphatic rings. The van der Waals surface area contributed by atoms with Gasteiger partial charge in [-0.05, 0) is 55.5 Å². The minimum Gasteiger partial charge on any atom is -0.478 e. The standard InChI is InChI=1S/C40H45ClN12O5/c1-42-33(55)18-58-31-13-24-12-25(15-43-36(24)49(2)38(31)57)45-35-29(41)16-44-39(47-35)53-21-40(22-53)19-51(20-40)17-23-8-10-52(11-9-23)26-4-5-27-30(14-26)50(3)48-34(27)28-6-7-32(54)46-37(28)56/h4-5,12-16,23,28H,6-11,17-22H2,1-3H3,(H,42,55)(H,44,45,47)(H,46,54,56). The maximum absolute atomic E-state index is 12.8. The van der Waals surface area contributed by atoms with Gasteiger partial charge in [-0.1, -0.05) is 11.6 Å². The Bertz CT molecular complexity index is 2520. The molecule has 4 aliphatic heterocycles. The van der Waals surface area contributed by atoms with Crippen molar-refractivity contribution in [2.45, 2.75) is 31.6 Å². The quantitative estimate of drug-likeness (QED) is 0.175. The van der Waals surface area contributed by atoms with Crippen molar-refractivity contribution in [1.29, 1.82) is 0 Å². The van der Waals surface area contributed by atoms with Gasteiger partial charge in [0.05, 0.1) is 35.2 Å². The Labute approximate surface area is 338 Å². The van der Waals surface area contributed by atoms with E-state index in [1.54, 1.807) is 25.5 Å². The molecule has 0 saturated carbocycles. The summed E-state index contributed by atoms with van der Waals surface area (Å²) in [5.41, 5.74) is 3.85. The Kier molecular flexibility index (Phi) is 9.66. The number of hydrogen-bond acceptors (Lipinski definition) is 13. The van der Waals surface area contributed by atoms with Gasteiger partial charge >= 0.3 is 0 Å². The third-order valence-electron chi connectivity index (χ3n) is 12.0. The number of nitrogens with one attached hydrogen (secondary N) is 3. The molecule has 8 heterocycles. The summed E-state index contributed by atoms with van der Waals surface area (Å²) in [6.07, 6.45) is 6.30. The highest BCUT2D eigenvalue weighted by atomic mass is 35.5. The van der Waals surface area contributed by atoms with Crippen molar-refractivity contribution in [3.8, 4) is 5.75 Å². The van der Waals surface area contributed by atoms with Gasteiger partial charge in [0, 0.05) is 95.3 Å². The molecule has 3 N–H and O–H groups in total. The number of ether oxygens (including phenoxy) is 1. The molecule has 4 saturated heterocycles. The fraction of sp³-hybridized carbons (Fsp3) is 0.450. The number of fused-ring (bicyclic) bond motifs is 2. The van der Waals surface area contributed by atoms with Gasteiger partial charge in [0.1, 0.15) is 10.7 Å². The first-order valence-corrected chi connectivity index (χ1v) is 20.0. The fourth-order valence-electron chi connectivity index (χ4n) is 9.00. The molecule has 5 aromatic rings. The van der Waals surface area contributed by atoms with Crippen LogP contribution in [0.5, 0.6) is 5.75 Å². The number of pyridine rings is 2. The van der Waals surface area contributed by atoms with Gasteiger partial charge in [0.25, 0.3) is 11.5 Å². The molecule has 17 nitrogen and oxygen atoms in total. The van der Waals surface area contributed by atoms with Crippen molar-refractivity contribution >= 4 is 74.4 Å². The Hall–Kier alpha value is -5.81. The number of aromatic nitrogens is 6. The second-order valence-corrected chi connectivity index (χ2v) is 16.5. The molecule has 18 heteroatoms. The molecule has 4 fully saturated rings. The predicted molar refractivity (Wildman–Crippen MR) is 219 cm³/mol. The van der Waals surface area contributed by atoms with E-state index in [2.05, 4.69) is 58.8 Å². The first-order chi connectivity index (χ1) is 28.0. The van der Waals surface area contributed by atoms with Crippen molar-refractivity contribution in [3.63, 3.8) is 0 Å². The number of anilines is 4. The molecule has 1 spiro atoms. The van der Waals surface area contributed by atoms with Gasteiger partial charge in [-0.2, -0.15) is 10.1 Å². The van der Waals surface area contributed by atoms with Gasteiger partial charge in [-0.3, -0.25) is 33.7 Å². The fourth-order valence-corrected chi connectivity index (χ4v) is 9.14. The van der Waals surface area contributed by atoms with Crippen molar-refractivity contribution in [3.05, 3.63) is 63.8 Å². The van der Waals surface area contributed by atoms with Gasteiger partial charge in [-0.25, -0.2) is 9.97 Å². The molecule has 4 aromatic heterocycles. The highest BCUT2D eigenvalue weighted by Crippen LogP contribution is 2.42. The van der Waals surface area contributed by atoms with Gasteiger partial charge in [0.15, 0.2) is 18.2 Å². The molecule has 0 aliphatic carbocycles. The number of likely N-dealkylation sites (tertiary alicyclic amines) is 1. The number of halogens is 1. The van der Waals surface area contributed by atoms with Gasteiger partial charge in [-0.15, -0.1) is 0 Å². The zero-order valence-corrected chi connectivity index (χ0v) is 33.4. The van der Waals surface area contributed by atoms with E-state index < -0.39 is 11.5 Å². The van der Waals surface area contributed by atoms with E-state index in [9.17, 15) is 19.2 Å². The van der Waals surface area contributed by atoms with Crippen LogP contribution in [0, 0.1) is 11.3 Å². The van der Waals surface area contributed by atoms with Crippen LogP contribution in [0.25, 0.3) is 21.9 Å². The molecule has 1 atom stereocenters. The average Bonchev–Trinajstić information content (AvgIpc) is 3.51. The van der Waals surface area contributed by atoms with Crippen LogP contribution in [0.4, 0.5) is 23.1 Å². The van der Waals surface area contributed by atoms with Crippen LogP contribution in [-0.2, 0) is 28.5 Å². The smallest absolute Gasteiger partial charge is 0.294 e. The maximum atomic E-state index is 12.8. The van der Waals surface area contributed by atoms with Crippen LogP contribution >= 0.6 is 11.6 Å². The SMILES string of the molecule is CNC(=O)COc1cc2cc(Nc3nc(N4CC5(CN(CC6CCN(c7ccc8c(C9CCC(=O)NC9=O)nn(C)c8c7)CC6)C5)C4)ncc3Cl)cnc2n(C)c1=O. The van der Waals surface area contributed by atoms with Crippen LogP contribution < -0.4 is 36.0 Å². The Balaban J connectivity index is 0.768. The summed E-state index contributed by atoms with van der Waals surface area (Å²) in [5, 5.41) is 14.9. The summed E-state index contributed by atoms with van der Waals surface area (Å²) in [7, 11) is 5.02. The largest absolute Gasteiger partial charge is 0.478 e. The Morgan fingerprint density at radius 3 is 2.55 bits per heavy atom. The summed E-state index contributed by atoms with van der Waals surface area (Å²) in [4.78, 5) is 69.7. The number of imide groups is 1. The lowest BCUT2D eigenvalue weighted by molar-refractivity contribution is -0.134. The Morgan fingerprint density at radius 2 is 1.79 bits per heavy atom. The lowest BCUT2D eigenvalue weighted by Gasteiger charge is -2.61.